The van der Waals surface area contributed by atoms with E-state index in [0.29, 0.717) is 17.9 Å². The topological polar surface area (TPSA) is 106 Å². The number of urea groups is 1. The van der Waals surface area contributed by atoms with Crippen LogP contribution in [0.2, 0.25) is 0 Å². The molecule has 0 bridgehead atoms. The standard InChI is InChI=1S/C26H23FN6O3/c1-16-19(17-9-11-18(12-10-17)33-15-29-30(2)25(33)35)5-3-7-21(16)31-13-14-32(26(31)36)22-8-4-6-20(23(22)27)24(28)34/h3-12,15H,13-14H2,1-2H3,(H2,28,34). The maximum Gasteiger partial charge on any atom is 0.350 e. The summed E-state index contributed by atoms with van der Waals surface area (Å²) >= 11 is 0. The van der Waals surface area contributed by atoms with Crippen molar-refractivity contribution in [3.05, 3.63) is 94.4 Å². The third-order valence-corrected chi connectivity index (χ3v) is 6.42. The van der Waals surface area contributed by atoms with Gasteiger partial charge >= 0.3 is 11.7 Å². The fourth-order valence-electron chi connectivity index (χ4n) is 4.49. The number of carbonyl (C=O) groups is 2. The van der Waals surface area contributed by atoms with E-state index in [9.17, 15) is 18.8 Å². The Labute approximate surface area is 205 Å². The summed E-state index contributed by atoms with van der Waals surface area (Å²) in [4.78, 5) is 39.9. The first kappa shape index (κ1) is 23.0. The molecule has 1 aromatic heterocycles. The van der Waals surface area contributed by atoms with Gasteiger partial charge in [-0.25, -0.2) is 23.2 Å². The molecule has 0 unspecified atom stereocenters. The molecule has 0 radical (unpaired) electrons. The Kier molecular flexibility index (Phi) is 5.63. The second-order valence-corrected chi connectivity index (χ2v) is 8.49. The number of aromatic nitrogens is 3. The van der Waals surface area contributed by atoms with E-state index < -0.39 is 11.7 Å². The number of hydrogen-bond acceptors (Lipinski definition) is 4. The second kappa shape index (κ2) is 8.81. The van der Waals surface area contributed by atoms with Gasteiger partial charge in [-0.15, -0.1) is 0 Å². The number of benzene rings is 3. The summed E-state index contributed by atoms with van der Waals surface area (Å²) in [6.45, 7) is 2.54. The van der Waals surface area contributed by atoms with Gasteiger partial charge in [-0.05, 0) is 53.9 Å². The molecule has 5 rings (SSSR count). The van der Waals surface area contributed by atoms with E-state index in [1.54, 1.807) is 11.9 Å². The van der Waals surface area contributed by atoms with E-state index in [1.165, 1.54) is 38.7 Å². The van der Waals surface area contributed by atoms with Crippen LogP contribution >= 0.6 is 0 Å². The van der Waals surface area contributed by atoms with Gasteiger partial charge in [0, 0.05) is 25.8 Å². The van der Waals surface area contributed by atoms with Gasteiger partial charge in [0.2, 0.25) is 0 Å². The van der Waals surface area contributed by atoms with Gasteiger partial charge in [-0.2, -0.15) is 5.10 Å². The Balaban J connectivity index is 1.45. The number of hydrogen-bond donors (Lipinski definition) is 1. The highest BCUT2D eigenvalue weighted by Gasteiger charge is 2.34. The minimum Gasteiger partial charge on any atom is -0.366 e. The predicted octanol–water partition coefficient (Wildman–Crippen LogP) is 3.23. The largest absolute Gasteiger partial charge is 0.366 e. The fraction of sp³-hybridized carbons (Fsp3) is 0.154. The number of nitrogens with two attached hydrogens (primary N) is 1. The van der Waals surface area contributed by atoms with Crippen molar-refractivity contribution < 1.29 is 14.0 Å². The van der Waals surface area contributed by atoms with Gasteiger partial charge in [-0.1, -0.05) is 30.3 Å². The number of halogens is 1. The van der Waals surface area contributed by atoms with Crippen molar-refractivity contribution in [3.8, 4) is 16.8 Å². The number of amides is 3. The molecular weight excluding hydrogens is 463 g/mol. The monoisotopic (exact) mass is 486 g/mol. The molecule has 2 heterocycles. The Morgan fingerprint density at radius 2 is 1.58 bits per heavy atom. The Bertz CT molecular complexity index is 1560. The maximum atomic E-state index is 14.9. The van der Waals surface area contributed by atoms with Crippen molar-refractivity contribution in [2.24, 2.45) is 12.8 Å². The Morgan fingerprint density at radius 3 is 2.22 bits per heavy atom. The van der Waals surface area contributed by atoms with Crippen LogP contribution in [0.1, 0.15) is 15.9 Å². The molecule has 3 aromatic carbocycles. The molecule has 1 saturated heterocycles. The molecule has 2 N–H and O–H groups in total. The highest BCUT2D eigenvalue weighted by Crippen LogP contribution is 2.34. The highest BCUT2D eigenvalue weighted by molar-refractivity contribution is 6.07. The van der Waals surface area contributed by atoms with Gasteiger partial charge in [-0.3, -0.25) is 14.6 Å². The molecule has 0 atom stereocenters. The van der Waals surface area contributed by atoms with Gasteiger partial charge in [0.05, 0.1) is 16.9 Å². The molecule has 1 aliphatic rings. The SMILES string of the molecule is Cc1c(-c2ccc(-n3cnn(C)c3=O)cc2)cccc1N1CCN(c2cccc(C(N)=O)c2F)C1=O. The molecule has 182 valence electrons. The molecule has 0 aliphatic carbocycles. The molecule has 1 aliphatic heterocycles. The molecular formula is C26H23FN6O3. The summed E-state index contributed by atoms with van der Waals surface area (Å²) in [6.07, 6.45) is 1.47. The lowest BCUT2D eigenvalue weighted by Crippen LogP contribution is -2.33. The first-order valence-corrected chi connectivity index (χ1v) is 11.3. The van der Waals surface area contributed by atoms with Crippen LogP contribution in [0.25, 0.3) is 16.8 Å². The van der Waals surface area contributed by atoms with E-state index in [0.717, 1.165) is 16.7 Å². The molecule has 3 amide bonds. The molecule has 4 aromatic rings. The lowest BCUT2D eigenvalue weighted by atomic mass is 9.98. The summed E-state index contributed by atoms with van der Waals surface area (Å²) in [6, 6.07) is 17.0. The normalized spacial score (nSPS) is 13.5. The molecule has 0 saturated carbocycles. The van der Waals surface area contributed by atoms with Crippen molar-refractivity contribution in [1.82, 2.24) is 14.3 Å². The lowest BCUT2D eigenvalue weighted by Gasteiger charge is -2.22. The number of nitrogens with zero attached hydrogens (tertiary/aromatic N) is 5. The average Bonchev–Trinajstić information content (AvgIpc) is 3.41. The fourth-order valence-corrected chi connectivity index (χ4v) is 4.49. The zero-order valence-electron chi connectivity index (χ0n) is 19.7. The van der Waals surface area contributed by atoms with Crippen molar-refractivity contribution in [1.29, 1.82) is 0 Å². The summed E-state index contributed by atoms with van der Waals surface area (Å²) in [7, 11) is 1.59. The van der Waals surface area contributed by atoms with Crippen LogP contribution in [-0.2, 0) is 7.05 Å². The molecule has 36 heavy (non-hydrogen) atoms. The third-order valence-electron chi connectivity index (χ3n) is 6.42. The summed E-state index contributed by atoms with van der Waals surface area (Å²) < 4.78 is 17.6. The number of primary amides is 1. The molecule has 1 fully saturated rings. The van der Waals surface area contributed by atoms with Crippen LogP contribution in [0, 0.1) is 12.7 Å². The third kappa shape index (κ3) is 3.72. The number of rotatable bonds is 5. The van der Waals surface area contributed by atoms with Gasteiger partial charge in [0.1, 0.15) is 6.33 Å². The first-order valence-electron chi connectivity index (χ1n) is 11.3. The molecule has 9 nitrogen and oxygen atoms in total. The quantitative estimate of drug-likeness (QED) is 0.467. The number of aryl methyl sites for hydroxylation is 1. The summed E-state index contributed by atoms with van der Waals surface area (Å²) in [5, 5.41) is 3.98. The van der Waals surface area contributed by atoms with Gasteiger partial charge < -0.3 is 5.73 Å². The van der Waals surface area contributed by atoms with Gasteiger partial charge in [0.15, 0.2) is 5.82 Å². The highest BCUT2D eigenvalue weighted by atomic mass is 19.1. The van der Waals surface area contributed by atoms with Crippen molar-refractivity contribution in [2.45, 2.75) is 6.92 Å². The minimum absolute atomic E-state index is 0.0221. The smallest absolute Gasteiger partial charge is 0.350 e. The van der Waals surface area contributed by atoms with Crippen LogP contribution in [0.15, 0.2) is 71.8 Å². The van der Waals surface area contributed by atoms with Crippen molar-refractivity contribution >= 4 is 23.3 Å². The van der Waals surface area contributed by atoms with E-state index >= 15 is 0 Å². The van der Waals surface area contributed by atoms with Crippen molar-refractivity contribution in [2.75, 3.05) is 22.9 Å². The number of carbonyl (C=O) groups excluding carboxylic acids is 2. The summed E-state index contributed by atoms with van der Waals surface area (Å²) in [5.41, 5.74) is 8.91. The minimum atomic E-state index is -0.888. The van der Waals surface area contributed by atoms with E-state index in [2.05, 4.69) is 5.10 Å². The first-order chi connectivity index (χ1) is 17.3. The summed E-state index contributed by atoms with van der Waals surface area (Å²) in [5.74, 6) is -1.70. The van der Waals surface area contributed by atoms with Crippen molar-refractivity contribution in [3.63, 3.8) is 0 Å². The molecule has 10 heteroatoms. The van der Waals surface area contributed by atoms with E-state index in [4.69, 9.17) is 5.73 Å². The lowest BCUT2D eigenvalue weighted by molar-refractivity contribution is 0.0996. The van der Waals surface area contributed by atoms with Crippen LogP contribution in [0.4, 0.5) is 20.6 Å². The predicted molar refractivity (Wildman–Crippen MR) is 134 cm³/mol. The van der Waals surface area contributed by atoms with Crippen LogP contribution in [0.3, 0.4) is 0 Å². The second-order valence-electron chi connectivity index (χ2n) is 8.49. The van der Waals surface area contributed by atoms with Crippen LogP contribution in [-0.4, -0.2) is 39.4 Å². The Hall–Kier alpha value is -4.73. The van der Waals surface area contributed by atoms with Gasteiger partial charge in [0.25, 0.3) is 5.91 Å². The van der Waals surface area contributed by atoms with E-state index in [-0.39, 0.29) is 29.5 Å². The van der Waals surface area contributed by atoms with Crippen LogP contribution < -0.4 is 21.2 Å². The zero-order valence-corrected chi connectivity index (χ0v) is 19.7. The molecule has 0 spiro atoms. The number of anilines is 2. The zero-order chi connectivity index (χ0) is 25.6. The van der Waals surface area contributed by atoms with Crippen LogP contribution in [0.5, 0.6) is 0 Å². The average molecular weight is 487 g/mol. The van der Waals surface area contributed by atoms with E-state index in [1.807, 2.05) is 49.4 Å². The maximum absolute atomic E-state index is 14.9. The Morgan fingerprint density at radius 1 is 0.944 bits per heavy atom.